The number of hydrogen-bond acceptors (Lipinski definition) is 10. The van der Waals surface area contributed by atoms with E-state index >= 15 is 0 Å². The van der Waals surface area contributed by atoms with Crippen LogP contribution in [-0.2, 0) is 33.4 Å². The number of benzene rings is 1. The van der Waals surface area contributed by atoms with Gasteiger partial charge in [0.2, 0.25) is 17.7 Å². The molecule has 9 nitrogen and oxygen atoms in total. The highest BCUT2D eigenvalue weighted by Gasteiger charge is 2.51. The van der Waals surface area contributed by atoms with Crippen LogP contribution in [0.15, 0.2) is 26.2 Å². The number of amides is 3. The summed E-state index contributed by atoms with van der Waals surface area (Å²) < 4.78 is 10.5. The number of likely N-dealkylation sites (tertiary alicyclic amines) is 1. The van der Waals surface area contributed by atoms with Gasteiger partial charge in [0.05, 0.1) is 46.4 Å². The fraction of sp³-hybridized carbons (Fsp3) is 0.467. The van der Waals surface area contributed by atoms with Crippen molar-refractivity contribution in [2.24, 2.45) is 11.8 Å². The Morgan fingerprint density at radius 2 is 1.48 bits per heavy atom. The average Bonchev–Trinajstić information content (AvgIpc) is 3.49. The van der Waals surface area contributed by atoms with Crippen molar-refractivity contribution in [2.45, 2.75) is 58.9 Å². The second-order valence-electron chi connectivity index (χ2n) is 11.4. The van der Waals surface area contributed by atoms with Crippen molar-refractivity contribution in [1.29, 1.82) is 0 Å². The number of nitrogens with zero attached hydrogens (tertiary/aromatic N) is 2. The highest BCUT2D eigenvalue weighted by molar-refractivity contribution is 8.29. The van der Waals surface area contributed by atoms with E-state index in [1.165, 1.54) is 14.2 Å². The molecule has 1 saturated heterocycles. The maximum Gasteiger partial charge on any atom is 0.346 e. The predicted octanol–water partition coefficient (Wildman–Crippen LogP) is 4.68. The van der Waals surface area contributed by atoms with Crippen LogP contribution in [0.4, 0.5) is 5.69 Å². The molecular formula is C30H32N2O7S3. The topological polar surface area (TPSA) is 110 Å². The molecule has 1 aromatic rings. The number of fused-ring (bicyclic) bond motifs is 2. The van der Waals surface area contributed by atoms with Gasteiger partial charge < -0.3 is 9.47 Å². The maximum absolute atomic E-state index is 14.2. The Hall–Kier alpha value is -2.96. The maximum atomic E-state index is 14.2. The van der Waals surface area contributed by atoms with Crippen LogP contribution in [0.25, 0.3) is 5.57 Å². The number of methoxy groups -OCH3 is 2. The van der Waals surface area contributed by atoms with E-state index in [1.807, 2.05) is 39.8 Å². The molecule has 0 spiro atoms. The molecule has 4 aliphatic rings. The van der Waals surface area contributed by atoms with E-state index in [1.54, 1.807) is 4.90 Å². The molecule has 1 saturated carbocycles. The number of imide groups is 1. The predicted molar refractivity (Wildman–Crippen MR) is 165 cm³/mol. The fourth-order valence-corrected chi connectivity index (χ4v) is 9.38. The number of rotatable bonds is 4. The summed E-state index contributed by atoms with van der Waals surface area (Å²) in [5, 5.41) is 0. The van der Waals surface area contributed by atoms with Crippen LogP contribution in [0, 0.1) is 25.7 Å². The first-order valence-electron chi connectivity index (χ1n) is 13.7. The second kappa shape index (κ2) is 11.3. The normalized spacial score (nSPS) is 23.3. The zero-order valence-corrected chi connectivity index (χ0v) is 26.8. The van der Waals surface area contributed by atoms with Gasteiger partial charge in [-0.2, -0.15) is 0 Å². The van der Waals surface area contributed by atoms with Crippen molar-refractivity contribution >= 4 is 81.5 Å². The minimum absolute atomic E-state index is 0.106. The smallest absolute Gasteiger partial charge is 0.346 e. The van der Waals surface area contributed by atoms with E-state index in [9.17, 15) is 24.0 Å². The Bertz CT molecular complexity index is 1470. The molecule has 3 amide bonds. The van der Waals surface area contributed by atoms with Crippen molar-refractivity contribution in [3.8, 4) is 0 Å². The Labute approximate surface area is 258 Å². The molecule has 0 unspecified atom stereocenters. The summed E-state index contributed by atoms with van der Waals surface area (Å²) in [5.74, 6) is -2.97. The number of thiocarbonyl (C=S) groups is 1. The minimum Gasteiger partial charge on any atom is -0.465 e. The Morgan fingerprint density at radius 3 is 1.98 bits per heavy atom. The van der Waals surface area contributed by atoms with Crippen LogP contribution in [-0.4, -0.2) is 65.7 Å². The molecule has 0 aromatic heterocycles. The van der Waals surface area contributed by atoms with Crippen LogP contribution >= 0.6 is 35.7 Å². The molecule has 1 aliphatic carbocycles. The summed E-state index contributed by atoms with van der Waals surface area (Å²) >= 11 is 8.23. The number of carbonyl (C=O) groups excluding carboxylic acids is 5. The number of thioether (sulfide) groups is 2. The van der Waals surface area contributed by atoms with Gasteiger partial charge >= 0.3 is 11.9 Å². The Morgan fingerprint density at radius 1 is 0.952 bits per heavy atom. The largest absolute Gasteiger partial charge is 0.465 e. The van der Waals surface area contributed by atoms with Crippen LogP contribution < -0.4 is 4.90 Å². The number of ether oxygens (including phenoxy) is 2. The zero-order chi connectivity index (χ0) is 30.7. The van der Waals surface area contributed by atoms with Gasteiger partial charge in [-0.25, -0.2) is 9.59 Å². The molecule has 1 aromatic carbocycles. The Balaban J connectivity index is 1.60. The number of esters is 2. The summed E-state index contributed by atoms with van der Waals surface area (Å²) in [6.07, 6.45) is 3.14. The van der Waals surface area contributed by atoms with E-state index in [4.69, 9.17) is 21.7 Å². The molecule has 3 aliphatic heterocycles. The average molecular weight is 629 g/mol. The fourth-order valence-electron chi connectivity index (χ4n) is 6.34. The summed E-state index contributed by atoms with van der Waals surface area (Å²) in [5.41, 5.74) is 2.59. The lowest BCUT2D eigenvalue weighted by Crippen LogP contribution is -2.58. The van der Waals surface area contributed by atoms with Crippen LogP contribution in [0.1, 0.15) is 56.2 Å². The summed E-state index contributed by atoms with van der Waals surface area (Å²) in [6.45, 7) is 7.11. The van der Waals surface area contributed by atoms with E-state index in [-0.39, 0.29) is 40.0 Å². The second-order valence-corrected chi connectivity index (χ2v) is 14.1. The van der Waals surface area contributed by atoms with Crippen molar-refractivity contribution in [1.82, 2.24) is 4.90 Å². The molecule has 0 N–H and O–H groups in total. The first-order valence-corrected chi connectivity index (χ1v) is 15.7. The molecule has 42 heavy (non-hydrogen) atoms. The van der Waals surface area contributed by atoms with Crippen LogP contribution in [0.2, 0.25) is 0 Å². The Kier molecular flexibility index (Phi) is 8.19. The lowest BCUT2D eigenvalue weighted by molar-refractivity contribution is -0.143. The summed E-state index contributed by atoms with van der Waals surface area (Å²) in [7, 11) is 2.48. The molecule has 12 heteroatoms. The third-order valence-electron chi connectivity index (χ3n) is 8.30. The van der Waals surface area contributed by atoms with Gasteiger partial charge in [-0.05, 0) is 52.2 Å². The van der Waals surface area contributed by atoms with Gasteiger partial charge in [0.1, 0.15) is 16.4 Å². The summed E-state index contributed by atoms with van der Waals surface area (Å²) in [4.78, 5) is 69.2. The van der Waals surface area contributed by atoms with E-state index < -0.39 is 23.4 Å². The third-order valence-corrected chi connectivity index (χ3v) is 11.6. The minimum atomic E-state index is -1.05. The first-order chi connectivity index (χ1) is 19.8. The zero-order valence-electron chi connectivity index (χ0n) is 24.3. The standard InChI is InChI=1S/C30H32N2O7S3/c1-14-11-15(2)21-18(12-14)20(29-41-22(27(36)38-5)23(42-29)28(37)39-6)24(40)30(3,4)32(21)19(33)13-31-25(34)16-9-7-8-10-17(16)26(31)35/h11-12,16-17H,7-10,13H2,1-6H3/t16-,17-/m1/s1. The van der Waals surface area contributed by atoms with Gasteiger partial charge in [0.15, 0.2) is 0 Å². The molecule has 3 heterocycles. The molecular weight excluding hydrogens is 597 g/mol. The van der Waals surface area contributed by atoms with E-state index in [2.05, 4.69) is 0 Å². The molecule has 5 rings (SSSR count). The van der Waals surface area contributed by atoms with Gasteiger partial charge in [-0.3, -0.25) is 24.2 Å². The number of carbonyl (C=O) groups is 5. The SMILES string of the molecule is COC(=O)C1=C(C(=O)OC)SC(=C2C(=S)C(C)(C)N(C(=O)CN3C(=O)[C@@H]4CCCC[C@H]4C3=O)c3c(C)cc(C)cc32)S1. The van der Waals surface area contributed by atoms with Gasteiger partial charge in [-0.1, -0.05) is 60.2 Å². The van der Waals surface area contributed by atoms with Crippen LogP contribution in [0.5, 0.6) is 0 Å². The highest BCUT2D eigenvalue weighted by atomic mass is 32.2. The summed E-state index contributed by atoms with van der Waals surface area (Å²) in [6, 6.07) is 3.88. The van der Waals surface area contributed by atoms with Gasteiger partial charge in [-0.15, -0.1) is 0 Å². The molecule has 222 valence electrons. The lowest BCUT2D eigenvalue weighted by atomic mass is 9.81. The van der Waals surface area contributed by atoms with E-state index in [0.29, 0.717) is 38.8 Å². The quantitative estimate of drug-likeness (QED) is 0.202. The van der Waals surface area contributed by atoms with Crippen molar-refractivity contribution in [3.63, 3.8) is 0 Å². The van der Waals surface area contributed by atoms with Crippen molar-refractivity contribution in [2.75, 3.05) is 25.7 Å². The van der Waals surface area contributed by atoms with Crippen molar-refractivity contribution < 1.29 is 33.4 Å². The molecule has 0 radical (unpaired) electrons. The molecule has 2 fully saturated rings. The lowest BCUT2D eigenvalue weighted by Gasteiger charge is -2.46. The third kappa shape index (κ3) is 4.81. The highest BCUT2D eigenvalue weighted by Crippen LogP contribution is 2.56. The number of aryl methyl sites for hydroxylation is 2. The number of hydrogen-bond donors (Lipinski definition) is 0. The molecule has 2 atom stereocenters. The monoisotopic (exact) mass is 628 g/mol. The number of anilines is 1. The van der Waals surface area contributed by atoms with Crippen LogP contribution in [0.3, 0.4) is 0 Å². The molecule has 0 bridgehead atoms. The van der Waals surface area contributed by atoms with E-state index in [0.717, 1.165) is 52.4 Å². The van der Waals surface area contributed by atoms with Gasteiger partial charge in [0.25, 0.3) is 0 Å². The van der Waals surface area contributed by atoms with Crippen molar-refractivity contribution in [3.05, 3.63) is 42.9 Å². The van der Waals surface area contributed by atoms with Gasteiger partial charge in [0, 0.05) is 11.1 Å². The first kappa shape index (κ1) is 30.5.